The van der Waals surface area contributed by atoms with E-state index >= 15 is 0 Å². The first kappa shape index (κ1) is 23.8. The summed E-state index contributed by atoms with van der Waals surface area (Å²) >= 11 is 0. The Morgan fingerprint density at radius 1 is 1.07 bits per heavy atom. The van der Waals surface area contributed by atoms with Crippen molar-refractivity contribution in [3.63, 3.8) is 0 Å². The molecule has 0 fully saturated rings. The van der Waals surface area contributed by atoms with Crippen LogP contribution < -0.4 is 10.0 Å². The molecule has 0 heterocycles. The topological polar surface area (TPSA) is 84.5 Å². The lowest BCUT2D eigenvalue weighted by Crippen LogP contribution is -2.35. The maximum Gasteiger partial charge on any atom is 0.248 e. The van der Waals surface area contributed by atoms with Gasteiger partial charge in [0.25, 0.3) is 0 Å². The van der Waals surface area contributed by atoms with Crippen molar-refractivity contribution < 1.29 is 17.9 Å². The summed E-state index contributed by atoms with van der Waals surface area (Å²) in [6.45, 7) is 8.45. The van der Waals surface area contributed by atoms with E-state index in [9.17, 15) is 13.2 Å². The fourth-order valence-electron chi connectivity index (χ4n) is 2.78. The third-order valence-corrected chi connectivity index (χ3v) is 6.01. The summed E-state index contributed by atoms with van der Waals surface area (Å²) in [5, 5.41) is 2.73. The van der Waals surface area contributed by atoms with Gasteiger partial charge in [0.2, 0.25) is 15.9 Å². The van der Waals surface area contributed by atoms with Crippen molar-refractivity contribution in [1.29, 1.82) is 0 Å². The first-order valence-electron chi connectivity index (χ1n) is 9.72. The first-order chi connectivity index (χ1) is 14.0. The molecule has 2 N–H and O–H groups in total. The summed E-state index contributed by atoms with van der Waals surface area (Å²) < 4.78 is 32.1. The van der Waals surface area contributed by atoms with Crippen LogP contribution in [-0.4, -0.2) is 34.1 Å². The largest absolute Gasteiger partial charge is 0.383 e. The Bertz CT molecular complexity index is 973. The van der Waals surface area contributed by atoms with E-state index in [0.717, 1.165) is 5.56 Å². The van der Waals surface area contributed by atoms with Crippen LogP contribution >= 0.6 is 0 Å². The number of ether oxygens (including phenoxy) is 1. The molecule has 1 atom stereocenters. The van der Waals surface area contributed by atoms with Gasteiger partial charge < -0.3 is 10.1 Å². The number of benzene rings is 2. The molecule has 0 aliphatic heterocycles. The second-order valence-electron chi connectivity index (χ2n) is 8.20. The van der Waals surface area contributed by atoms with Crippen molar-refractivity contribution in [1.82, 2.24) is 4.72 Å². The van der Waals surface area contributed by atoms with Crippen LogP contribution in [0.15, 0.2) is 59.5 Å². The highest BCUT2D eigenvalue weighted by atomic mass is 32.2. The molecule has 6 nitrogen and oxygen atoms in total. The monoisotopic (exact) mass is 430 g/mol. The van der Waals surface area contributed by atoms with Crippen molar-refractivity contribution in [2.24, 2.45) is 0 Å². The van der Waals surface area contributed by atoms with E-state index in [0.29, 0.717) is 5.69 Å². The first-order valence-corrected chi connectivity index (χ1v) is 11.2. The zero-order valence-corrected chi connectivity index (χ0v) is 18.9. The number of rotatable bonds is 8. The Balaban J connectivity index is 1.98. The van der Waals surface area contributed by atoms with Gasteiger partial charge in [0.05, 0.1) is 11.5 Å². The lowest BCUT2D eigenvalue weighted by molar-refractivity contribution is -0.111. The zero-order valence-electron chi connectivity index (χ0n) is 18.1. The minimum Gasteiger partial charge on any atom is -0.383 e. The zero-order chi connectivity index (χ0) is 22.4. The quantitative estimate of drug-likeness (QED) is 0.621. The van der Waals surface area contributed by atoms with Gasteiger partial charge in [-0.3, -0.25) is 4.79 Å². The third kappa shape index (κ3) is 7.09. The van der Waals surface area contributed by atoms with Crippen LogP contribution in [-0.2, 0) is 25.0 Å². The highest BCUT2D eigenvalue weighted by Gasteiger charge is 2.17. The molecule has 2 rings (SSSR count). The Hall–Kier alpha value is -2.48. The van der Waals surface area contributed by atoms with Crippen LogP contribution in [0.25, 0.3) is 6.08 Å². The second-order valence-corrected chi connectivity index (χ2v) is 9.91. The molecule has 0 aliphatic rings. The molecule has 0 aliphatic carbocycles. The second kappa shape index (κ2) is 10.0. The molecule has 0 radical (unpaired) electrons. The van der Waals surface area contributed by atoms with Crippen LogP contribution in [0.4, 0.5) is 5.69 Å². The summed E-state index contributed by atoms with van der Waals surface area (Å²) in [6.07, 6.45) is 3.19. The molecule has 0 aromatic heterocycles. The van der Waals surface area contributed by atoms with Gasteiger partial charge in [-0.25, -0.2) is 13.1 Å². The van der Waals surface area contributed by atoms with Crippen molar-refractivity contribution in [2.45, 2.75) is 44.0 Å². The standard InChI is InChI=1S/C23H30N2O4S/c1-17(16-29-5)25-30(27,28)21-13-11-20(12-14-21)24-22(26)15-8-18-6-9-19(10-7-18)23(2,3)4/h6-15,17,25H,16H2,1-5H3,(H,24,26). The number of methoxy groups -OCH3 is 1. The molecule has 2 aromatic rings. The van der Waals surface area contributed by atoms with Gasteiger partial charge in [0.1, 0.15) is 0 Å². The number of anilines is 1. The summed E-state index contributed by atoms with van der Waals surface area (Å²) in [5.74, 6) is -0.294. The van der Waals surface area contributed by atoms with Crippen LogP contribution in [0.3, 0.4) is 0 Å². The maximum absolute atomic E-state index is 12.3. The molecule has 30 heavy (non-hydrogen) atoms. The SMILES string of the molecule is COCC(C)NS(=O)(=O)c1ccc(NC(=O)C=Cc2ccc(C(C)(C)C)cc2)cc1. The highest BCUT2D eigenvalue weighted by molar-refractivity contribution is 7.89. The highest BCUT2D eigenvalue weighted by Crippen LogP contribution is 2.22. The van der Waals surface area contributed by atoms with Gasteiger partial charge in [-0.2, -0.15) is 0 Å². The van der Waals surface area contributed by atoms with Crippen LogP contribution in [0, 0.1) is 0 Å². The Morgan fingerprint density at radius 2 is 1.67 bits per heavy atom. The molecule has 2 aromatic carbocycles. The molecule has 0 spiro atoms. The van der Waals surface area contributed by atoms with E-state index in [2.05, 4.69) is 42.9 Å². The third-order valence-electron chi connectivity index (χ3n) is 4.41. The van der Waals surface area contributed by atoms with Crippen molar-refractivity contribution in [2.75, 3.05) is 19.0 Å². The molecular weight excluding hydrogens is 400 g/mol. The molecule has 1 unspecified atom stereocenters. The van der Waals surface area contributed by atoms with Gasteiger partial charge in [0, 0.05) is 24.9 Å². The van der Waals surface area contributed by atoms with E-state index in [1.807, 2.05) is 12.1 Å². The maximum atomic E-state index is 12.3. The van der Waals surface area contributed by atoms with E-state index in [1.54, 1.807) is 25.1 Å². The molecular formula is C23H30N2O4S. The molecule has 1 amide bonds. The van der Waals surface area contributed by atoms with Crippen LogP contribution in [0.2, 0.25) is 0 Å². The van der Waals surface area contributed by atoms with E-state index in [-0.39, 0.29) is 28.9 Å². The molecule has 7 heteroatoms. The van der Waals surface area contributed by atoms with E-state index < -0.39 is 10.0 Å². The normalized spacial score (nSPS) is 13.4. The molecule has 162 valence electrons. The number of nitrogens with one attached hydrogen (secondary N) is 2. The van der Waals surface area contributed by atoms with Gasteiger partial charge in [-0.05, 0) is 53.8 Å². The predicted octanol–water partition coefficient (Wildman–Crippen LogP) is 3.95. The van der Waals surface area contributed by atoms with Crippen molar-refractivity contribution in [3.8, 4) is 0 Å². The van der Waals surface area contributed by atoms with Crippen LogP contribution in [0.1, 0.15) is 38.8 Å². The Morgan fingerprint density at radius 3 is 2.20 bits per heavy atom. The minimum atomic E-state index is -3.64. The average molecular weight is 431 g/mol. The van der Waals surface area contributed by atoms with Crippen molar-refractivity contribution in [3.05, 3.63) is 65.7 Å². The predicted molar refractivity (Wildman–Crippen MR) is 121 cm³/mol. The summed E-state index contributed by atoms with van der Waals surface area (Å²) in [6, 6.07) is 13.7. The molecule has 0 bridgehead atoms. The summed E-state index contributed by atoms with van der Waals surface area (Å²) in [4.78, 5) is 12.3. The van der Waals surface area contributed by atoms with Crippen molar-refractivity contribution >= 4 is 27.7 Å². The van der Waals surface area contributed by atoms with E-state index in [4.69, 9.17) is 4.74 Å². The number of hydrogen-bond acceptors (Lipinski definition) is 4. The lowest BCUT2D eigenvalue weighted by Gasteiger charge is -2.18. The smallest absolute Gasteiger partial charge is 0.248 e. The van der Waals surface area contributed by atoms with Gasteiger partial charge in [-0.1, -0.05) is 45.0 Å². The number of carbonyl (C=O) groups is 1. The van der Waals surface area contributed by atoms with Gasteiger partial charge in [-0.15, -0.1) is 0 Å². The average Bonchev–Trinajstić information content (AvgIpc) is 2.66. The Labute approximate surface area is 179 Å². The number of hydrogen-bond donors (Lipinski definition) is 2. The van der Waals surface area contributed by atoms with Gasteiger partial charge >= 0.3 is 0 Å². The fourth-order valence-corrected chi connectivity index (χ4v) is 4.01. The number of carbonyl (C=O) groups excluding carboxylic acids is 1. The van der Waals surface area contributed by atoms with E-state index in [1.165, 1.54) is 30.9 Å². The summed E-state index contributed by atoms with van der Waals surface area (Å²) in [7, 11) is -2.13. The van der Waals surface area contributed by atoms with Crippen LogP contribution in [0.5, 0.6) is 0 Å². The number of amides is 1. The molecule has 0 saturated heterocycles. The minimum absolute atomic E-state index is 0.0800. The lowest BCUT2D eigenvalue weighted by atomic mass is 9.87. The molecule has 0 saturated carbocycles. The summed E-state index contributed by atoms with van der Waals surface area (Å²) in [5.41, 5.74) is 2.74. The van der Waals surface area contributed by atoms with Gasteiger partial charge in [0.15, 0.2) is 0 Å². The number of sulfonamides is 1. The Kier molecular flexibility index (Phi) is 7.95. The fraction of sp³-hybridized carbons (Fsp3) is 0.348.